The molecule has 0 aliphatic heterocycles. The molecule has 0 amide bonds. The summed E-state index contributed by atoms with van der Waals surface area (Å²) in [6, 6.07) is 3.06. The molecule has 1 aromatic rings. The molecule has 0 aromatic carbocycles. The molecule has 5 heteroatoms. The highest BCUT2D eigenvalue weighted by molar-refractivity contribution is 5.02. The maximum atomic E-state index is 5.65. The molecule has 0 bridgehead atoms. The highest BCUT2D eigenvalue weighted by Crippen LogP contribution is 2.27. The van der Waals surface area contributed by atoms with Crippen LogP contribution in [-0.2, 0) is 6.42 Å². The van der Waals surface area contributed by atoms with E-state index in [4.69, 9.17) is 10.9 Å². The summed E-state index contributed by atoms with van der Waals surface area (Å²) in [5.41, 5.74) is 4.07. The molecule has 20 heavy (non-hydrogen) atoms. The molecule has 2 rings (SSSR count). The van der Waals surface area contributed by atoms with Crippen molar-refractivity contribution in [1.82, 2.24) is 20.1 Å². The van der Waals surface area contributed by atoms with Gasteiger partial charge in [-0.1, -0.05) is 19.3 Å². The van der Waals surface area contributed by atoms with Crippen molar-refractivity contribution in [2.45, 2.75) is 57.0 Å². The van der Waals surface area contributed by atoms with Gasteiger partial charge in [0.15, 0.2) is 0 Å². The molecule has 5 nitrogen and oxygen atoms in total. The SMILES string of the molecule is CN(C)CCC(Cc1ccn(C2CCCCC2)n1)NN. The van der Waals surface area contributed by atoms with Crippen LogP contribution in [0.15, 0.2) is 12.3 Å². The Labute approximate surface area is 122 Å². The molecule has 0 spiro atoms. The molecule has 1 aliphatic carbocycles. The Kier molecular flexibility index (Phi) is 6.01. The minimum absolute atomic E-state index is 0.298. The fraction of sp³-hybridized carbons (Fsp3) is 0.800. The summed E-state index contributed by atoms with van der Waals surface area (Å²) in [4.78, 5) is 2.19. The van der Waals surface area contributed by atoms with Crippen molar-refractivity contribution >= 4 is 0 Å². The van der Waals surface area contributed by atoms with E-state index < -0.39 is 0 Å². The van der Waals surface area contributed by atoms with E-state index in [0.29, 0.717) is 12.1 Å². The van der Waals surface area contributed by atoms with Crippen LogP contribution in [-0.4, -0.2) is 41.4 Å². The van der Waals surface area contributed by atoms with Crippen molar-refractivity contribution < 1.29 is 0 Å². The van der Waals surface area contributed by atoms with Gasteiger partial charge in [-0.3, -0.25) is 16.0 Å². The lowest BCUT2D eigenvalue weighted by molar-refractivity contribution is 0.325. The highest BCUT2D eigenvalue weighted by atomic mass is 15.3. The summed E-state index contributed by atoms with van der Waals surface area (Å²) >= 11 is 0. The van der Waals surface area contributed by atoms with E-state index in [1.54, 1.807) is 0 Å². The van der Waals surface area contributed by atoms with Crippen LogP contribution in [0.5, 0.6) is 0 Å². The molecule has 1 aromatic heterocycles. The fourth-order valence-corrected chi connectivity index (χ4v) is 2.95. The van der Waals surface area contributed by atoms with Crippen molar-refractivity contribution in [2.24, 2.45) is 5.84 Å². The quantitative estimate of drug-likeness (QED) is 0.589. The Balaban J connectivity index is 1.87. The number of hydrogen-bond acceptors (Lipinski definition) is 4. The van der Waals surface area contributed by atoms with Crippen LogP contribution in [0, 0.1) is 0 Å². The summed E-state index contributed by atoms with van der Waals surface area (Å²) < 4.78 is 2.17. The Bertz CT molecular complexity index is 381. The van der Waals surface area contributed by atoms with Crippen LogP contribution in [0.4, 0.5) is 0 Å². The van der Waals surface area contributed by atoms with Gasteiger partial charge in [-0.25, -0.2) is 0 Å². The highest BCUT2D eigenvalue weighted by Gasteiger charge is 2.17. The van der Waals surface area contributed by atoms with Gasteiger partial charge in [-0.05, 0) is 46.0 Å². The van der Waals surface area contributed by atoms with E-state index in [9.17, 15) is 0 Å². The first kappa shape index (κ1) is 15.5. The van der Waals surface area contributed by atoms with Crippen LogP contribution in [0.3, 0.4) is 0 Å². The summed E-state index contributed by atoms with van der Waals surface area (Å²) in [6.45, 7) is 1.04. The maximum Gasteiger partial charge on any atom is 0.0640 e. The molecule has 3 N–H and O–H groups in total. The van der Waals surface area contributed by atoms with Gasteiger partial charge < -0.3 is 4.90 Å². The van der Waals surface area contributed by atoms with Crippen molar-refractivity contribution in [3.05, 3.63) is 18.0 Å². The molecule has 1 fully saturated rings. The molecule has 1 saturated carbocycles. The zero-order chi connectivity index (χ0) is 14.4. The number of nitrogens with one attached hydrogen (secondary N) is 1. The number of nitrogens with two attached hydrogens (primary N) is 1. The monoisotopic (exact) mass is 279 g/mol. The first-order valence-electron chi connectivity index (χ1n) is 7.84. The fourth-order valence-electron chi connectivity index (χ4n) is 2.95. The lowest BCUT2D eigenvalue weighted by Crippen LogP contribution is -2.39. The molecule has 1 unspecified atom stereocenters. The van der Waals surface area contributed by atoms with Crippen LogP contribution in [0.25, 0.3) is 0 Å². The van der Waals surface area contributed by atoms with Gasteiger partial charge in [0, 0.05) is 18.7 Å². The predicted molar refractivity (Wildman–Crippen MR) is 82.3 cm³/mol. The third kappa shape index (κ3) is 4.58. The summed E-state index contributed by atoms with van der Waals surface area (Å²) in [5, 5.41) is 4.76. The van der Waals surface area contributed by atoms with E-state index in [1.807, 2.05) is 0 Å². The van der Waals surface area contributed by atoms with Gasteiger partial charge in [0.2, 0.25) is 0 Å². The molecule has 1 atom stereocenters. The lowest BCUT2D eigenvalue weighted by Gasteiger charge is -2.22. The molecule has 1 heterocycles. The number of hydrogen-bond donors (Lipinski definition) is 2. The summed E-state index contributed by atoms with van der Waals surface area (Å²) in [7, 11) is 4.18. The van der Waals surface area contributed by atoms with Crippen molar-refractivity contribution in [3.63, 3.8) is 0 Å². The second-order valence-electron chi connectivity index (χ2n) is 6.24. The third-order valence-corrected chi connectivity index (χ3v) is 4.23. The second-order valence-corrected chi connectivity index (χ2v) is 6.24. The molecule has 0 saturated heterocycles. The Morgan fingerprint density at radius 2 is 2.15 bits per heavy atom. The molecule has 1 aliphatic rings. The normalized spacial score (nSPS) is 18.6. The molecular formula is C15H29N5. The van der Waals surface area contributed by atoms with Gasteiger partial charge in [-0.15, -0.1) is 0 Å². The second kappa shape index (κ2) is 7.76. The van der Waals surface area contributed by atoms with Crippen molar-refractivity contribution in [1.29, 1.82) is 0 Å². The first-order chi connectivity index (χ1) is 9.69. The Hall–Kier alpha value is -0.910. The van der Waals surface area contributed by atoms with Crippen LogP contribution >= 0.6 is 0 Å². The average molecular weight is 279 g/mol. The summed E-state index contributed by atoms with van der Waals surface area (Å²) in [5.74, 6) is 5.65. The van der Waals surface area contributed by atoms with E-state index in [-0.39, 0.29) is 0 Å². The third-order valence-electron chi connectivity index (χ3n) is 4.23. The van der Waals surface area contributed by atoms with Crippen molar-refractivity contribution in [2.75, 3.05) is 20.6 Å². The standard InChI is InChI=1S/C15H29N5/c1-19(2)10-8-13(17-16)12-14-9-11-20(18-14)15-6-4-3-5-7-15/h9,11,13,15,17H,3-8,10,12,16H2,1-2H3. The zero-order valence-electron chi connectivity index (χ0n) is 12.9. The molecular weight excluding hydrogens is 250 g/mol. The van der Waals surface area contributed by atoms with Gasteiger partial charge in [0.05, 0.1) is 11.7 Å². The van der Waals surface area contributed by atoms with Gasteiger partial charge in [0.25, 0.3) is 0 Å². The lowest BCUT2D eigenvalue weighted by atomic mass is 9.96. The first-order valence-corrected chi connectivity index (χ1v) is 7.84. The Morgan fingerprint density at radius 3 is 2.80 bits per heavy atom. The van der Waals surface area contributed by atoms with E-state index in [2.05, 4.69) is 41.4 Å². The number of rotatable bonds is 7. The molecule has 114 valence electrons. The van der Waals surface area contributed by atoms with Crippen LogP contribution in [0.2, 0.25) is 0 Å². The number of aromatic nitrogens is 2. The van der Waals surface area contributed by atoms with Gasteiger partial charge in [-0.2, -0.15) is 5.10 Å². The minimum Gasteiger partial charge on any atom is -0.309 e. The number of nitrogens with zero attached hydrogens (tertiary/aromatic N) is 3. The zero-order valence-corrected chi connectivity index (χ0v) is 12.9. The smallest absolute Gasteiger partial charge is 0.0640 e. The minimum atomic E-state index is 0.298. The van der Waals surface area contributed by atoms with E-state index in [0.717, 1.165) is 25.1 Å². The van der Waals surface area contributed by atoms with E-state index >= 15 is 0 Å². The van der Waals surface area contributed by atoms with Gasteiger partial charge in [0.1, 0.15) is 0 Å². The molecule has 0 radical (unpaired) electrons. The predicted octanol–water partition coefficient (Wildman–Crippen LogP) is 1.71. The van der Waals surface area contributed by atoms with Crippen LogP contribution < -0.4 is 11.3 Å². The summed E-state index contributed by atoms with van der Waals surface area (Å²) in [6.07, 6.45) is 10.7. The van der Waals surface area contributed by atoms with Crippen molar-refractivity contribution in [3.8, 4) is 0 Å². The number of hydrazine groups is 1. The average Bonchev–Trinajstić information content (AvgIpc) is 2.92. The Morgan fingerprint density at radius 1 is 1.40 bits per heavy atom. The van der Waals surface area contributed by atoms with E-state index in [1.165, 1.54) is 32.1 Å². The van der Waals surface area contributed by atoms with Crippen LogP contribution in [0.1, 0.15) is 50.3 Å². The largest absolute Gasteiger partial charge is 0.309 e. The topological polar surface area (TPSA) is 59.1 Å². The van der Waals surface area contributed by atoms with Gasteiger partial charge >= 0.3 is 0 Å². The maximum absolute atomic E-state index is 5.65.